The first-order chi connectivity index (χ1) is 7.40. The number of rotatable bonds is 4. The Kier molecular flexibility index (Phi) is 4.54. The van der Waals surface area contributed by atoms with Crippen molar-refractivity contribution in [3.05, 3.63) is 35.9 Å². The average molecular weight is 287 g/mol. The maximum Gasteiger partial charge on any atom is 0.0721 e. The molecule has 1 fully saturated rings. The van der Waals surface area contributed by atoms with Gasteiger partial charge in [-0.2, -0.15) is 11.8 Å². The van der Waals surface area contributed by atoms with Crippen molar-refractivity contribution < 1.29 is 4.74 Å². The Morgan fingerprint density at radius 3 is 2.80 bits per heavy atom. The molecule has 2 atom stereocenters. The molecule has 0 bridgehead atoms. The molecule has 0 spiro atoms. The molecule has 0 unspecified atom stereocenters. The zero-order chi connectivity index (χ0) is 10.5. The van der Waals surface area contributed by atoms with E-state index in [0.29, 0.717) is 12.0 Å². The minimum atomic E-state index is 0.426. The van der Waals surface area contributed by atoms with Crippen LogP contribution in [-0.4, -0.2) is 22.9 Å². The summed E-state index contributed by atoms with van der Waals surface area (Å²) < 4.78 is 5.94. The summed E-state index contributed by atoms with van der Waals surface area (Å²) >= 11 is 5.54. The first-order valence-electron chi connectivity index (χ1n) is 5.19. The van der Waals surface area contributed by atoms with Gasteiger partial charge in [0.25, 0.3) is 0 Å². The lowest BCUT2D eigenvalue weighted by Gasteiger charge is -2.17. The second-order valence-electron chi connectivity index (χ2n) is 3.79. The zero-order valence-corrected chi connectivity index (χ0v) is 11.0. The molecule has 1 heterocycles. The second kappa shape index (κ2) is 5.92. The summed E-state index contributed by atoms with van der Waals surface area (Å²) in [6, 6.07) is 10.4. The van der Waals surface area contributed by atoms with E-state index in [9.17, 15) is 0 Å². The molecule has 3 heteroatoms. The number of hydrogen-bond donors (Lipinski definition) is 0. The van der Waals surface area contributed by atoms with Crippen LogP contribution in [0.25, 0.3) is 0 Å². The summed E-state index contributed by atoms with van der Waals surface area (Å²) in [4.78, 5) is 0. The molecule has 1 nitrogen and oxygen atoms in total. The minimum absolute atomic E-state index is 0.426. The van der Waals surface area contributed by atoms with E-state index in [4.69, 9.17) is 4.74 Å². The number of benzene rings is 1. The smallest absolute Gasteiger partial charge is 0.0721 e. The van der Waals surface area contributed by atoms with Crippen molar-refractivity contribution >= 4 is 27.7 Å². The summed E-state index contributed by atoms with van der Waals surface area (Å²) in [5.41, 5.74) is 1.27. The maximum absolute atomic E-state index is 5.94. The topological polar surface area (TPSA) is 9.23 Å². The Morgan fingerprint density at radius 1 is 1.27 bits per heavy atom. The van der Waals surface area contributed by atoms with Crippen LogP contribution in [0.1, 0.15) is 5.56 Å². The summed E-state index contributed by atoms with van der Waals surface area (Å²) in [5.74, 6) is 3.05. The Labute approximate surface area is 104 Å². The van der Waals surface area contributed by atoms with Crippen LogP contribution in [0.2, 0.25) is 0 Å². The Morgan fingerprint density at radius 2 is 2.07 bits per heavy atom. The molecule has 0 radical (unpaired) electrons. The van der Waals surface area contributed by atoms with Gasteiger partial charge in [-0.25, -0.2) is 0 Å². The molecule has 0 N–H and O–H groups in total. The van der Waals surface area contributed by atoms with Gasteiger partial charge in [0, 0.05) is 17.0 Å². The van der Waals surface area contributed by atoms with Crippen LogP contribution in [0, 0.1) is 5.92 Å². The Bertz CT molecular complexity index is 291. The molecule has 1 aromatic carbocycles. The Balaban J connectivity index is 1.83. The van der Waals surface area contributed by atoms with Crippen LogP contribution < -0.4 is 0 Å². The average Bonchev–Trinajstić information content (AvgIpc) is 2.75. The zero-order valence-electron chi connectivity index (χ0n) is 8.56. The molecule has 2 rings (SSSR count). The lowest BCUT2D eigenvalue weighted by Crippen LogP contribution is -2.23. The first kappa shape index (κ1) is 11.5. The SMILES string of the molecule is BrC[C@H]1CSC[C@@H]1OCc1ccccc1. The largest absolute Gasteiger partial charge is 0.372 e. The van der Waals surface area contributed by atoms with Crippen LogP contribution in [0.15, 0.2) is 30.3 Å². The lowest BCUT2D eigenvalue weighted by molar-refractivity contribution is 0.0342. The highest BCUT2D eigenvalue weighted by molar-refractivity contribution is 9.09. The Hall–Kier alpha value is 0.01000. The van der Waals surface area contributed by atoms with Crippen molar-refractivity contribution in [2.75, 3.05) is 16.8 Å². The predicted octanol–water partition coefficient (Wildman–Crippen LogP) is 3.33. The van der Waals surface area contributed by atoms with E-state index in [1.165, 1.54) is 11.3 Å². The number of alkyl halides is 1. The first-order valence-corrected chi connectivity index (χ1v) is 7.47. The third-order valence-corrected chi connectivity index (χ3v) is 4.70. The molecule has 1 aliphatic rings. The number of halogens is 1. The molecule has 82 valence electrons. The fraction of sp³-hybridized carbons (Fsp3) is 0.500. The van der Waals surface area contributed by atoms with E-state index in [2.05, 4.69) is 40.2 Å². The van der Waals surface area contributed by atoms with Crippen LogP contribution in [0.4, 0.5) is 0 Å². The van der Waals surface area contributed by atoms with Gasteiger partial charge >= 0.3 is 0 Å². The summed E-state index contributed by atoms with van der Waals surface area (Å²) in [6.45, 7) is 0.746. The van der Waals surface area contributed by atoms with E-state index in [1.807, 2.05) is 17.8 Å². The van der Waals surface area contributed by atoms with Crippen molar-refractivity contribution in [3.63, 3.8) is 0 Å². The fourth-order valence-corrected chi connectivity index (χ4v) is 4.01. The van der Waals surface area contributed by atoms with Gasteiger partial charge in [-0.1, -0.05) is 46.3 Å². The van der Waals surface area contributed by atoms with Crippen molar-refractivity contribution in [1.82, 2.24) is 0 Å². The molecular weight excluding hydrogens is 272 g/mol. The molecule has 1 aliphatic heterocycles. The quantitative estimate of drug-likeness (QED) is 0.786. The van der Waals surface area contributed by atoms with Crippen molar-refractivity contribution in [2.45, 2.75) is 12.7 Å². The molecule has 0 aliphatic carbocycles. The van der Waals surface area contributed by atoms with Crippen LogP contribution in [-0.2, 0) is 11.3 Å². The minimum Gasteiger partial charge on any atom is -0.372 e. The maximum atomic E-state index is 5.94. The van der Waals surface area contributed by atoms with Crippen LogP contribution >= 0.6 is 27.7 Å². The van der Waals surface area contributed by atoms with Gasteiger partial charge in [-0.3, -0.25) is 0 Å². The van der Waals surface area contributed by atoms with Crippen LogP contribution in [0.3, 0.4) is 0 Å². The highest BCUT2D eigenvalue weighted by Crippen LogP contribution is 2.28. The standard InChI is InChI=1S/C12H15BrOS/c13-6-11-8-15-9-12(11)14-7-10-4-2-1-3-5-10/h1-5,11-12H,6-9H2/t11-,12-/m0/s1. The molecule has 0 aromatic heterocycles. The molecule has 15 heavy (non-hydrogen) atoms. The fourth-order valence-electron chi connectivity index (χ4n) is 1.68. The highest BCUT2D eigenvalue weighted by atomic mass is 79.9. The van der Waals surface area contributed by atoms with Gasteiger partial charge in [-0.05, 0) is 11.3 Å². The lowest BCUT2D eigenvalue weighted by atomic mass is 10.1. The molecular formula is C12H15BrOS. The van der Waals surface area contributed by atoms with Crippen LogP contribution in [0.5, 0.6) is 0 Å². The number of ether oxygens (including phenoxy) is 1. The van der Waals surface area contributed by atoms with E-state index >= 15 is 0 Å². The van der Waals surface area contributed by atoms with Gasteiger partial charge < -0.3 is 4.74 Å². The van der Waals surface area contributed by atoms with Gasteiger partial charge in [0.1, 0.15) is 0 Å². The van der Waals surface area contributed by atoms with Gasteiger partial charge in [0.05, 0.1) is 12.7 Å². The molecule has 0 saturated carbocycles. The molecule has 1 aromatic rings. The van der Waals surface area contributed by atoms with E-state index in [0.717, 1.165) is 17.7 Å². The normalized spacial score (nSPS) is 25.7. The van der Waals surface area contributed by atoms with E-state index in [1.54, 1.807) is 0 Å². The van der Waals surface area contributed by atoms with Crippen molar-refractivity contribution in [1.29, 1.82) is 0 Å². The second-order valence-corrected chi connectivity index (χ2v) is 5.51. The number of thioether (sulfide) groups is 1. The van der Waals surface area contributed by atoms with E-state index in [-0.39, 0.29) is 0 Å². The van der Waals surface area contributed by atoms with Gasteiger partial charge in [0.2, 0.25) is 0 Å². The van der Waals surface area contributed by atoms with Gasteiger partial charge in [-0.15, -0.1) is 0 Å². The summed E-state index contributed by atoms with van der Waals surface area (Å²) in [6.07, 6.45) is 0.426. The van der Waals surface area contributed by atoms with E-state index < -0.39 is 0 Å². The summed E-state index contributed by atoms with van der Waals surface area (Å²) in [7, 11) is 0. The molecule has 1 saturated heterocycles. The summed E-state index contributed by atoms with van der Waals surface area (Å²) in [5, 5.41) is 1.06. The van der Waals surface area contributed by atoms with Gasteiger partial charge in [0.15, 0.2) is 0 Å². The highest BCUT2D eigenvalue weighted by Gasteiger charge is 2.27. The number of hydrogen-bond acceptors (Lipinski definition) is 2. The van der Waals surface area contributed by atoms with Crippen molar-refractivity contribution in [3.8, 4) is 0 Å². The molecule has 0 amide bonds. The third-order valence-electron chi connectivity index (χ3n) is 2.64. The predicted molar refractivity (Wildman–Crippen MR) is 69.6 cm³/mol. The third kappa shape index (κ3) is 3.23. The van der Waals surface area contributed by atoms with Crippen molar-refractivity contribution in [2.24, 2.45) is 5.92 Å². The monoisotopic (exact) mass is 286 g/mol.